The van der Waals surface area contributed by atoms with Crippen molar-refractivity contribution in [2.45, 2.75) is 0 Å². The smallest absolute Gasteiger partial charge is 0.322 e. The Balaban J connectivity index is 2.05. The third-order valence-electron chi connectivity index (χ3n) is 2.71. The highest BCUT2D eigenvalue weighted by Crippen LogP contribution is 2.26. The van der Waals surface area contributed by atoms with Gasteiger partial charge in [0.1, 0.15) is 5.75 Å². The first-order valence-corrected chi connectivity index (χ1v) is 6.05. The van der Waals surface area contributed by atoms with Gasteiger partial charge in [-0.2, -0.15) is 0 Å². The molecule has 0 aliphatic carbocycles. The molecule has 1 aliphatic rings. The van der Waals surface area contributed by atoms with Crippen LogP contribution in [0.3, 0.4) is 0 Å². The Labute approximate surface area is 111 Å². The van der Waals surface area contributed by atoms with Crippen molar-refractivity contribution in [3.05, 3.63) is 23.2 Å². The Kier molecular flexibility index (Phi) is 4.28. The topological polar surface area (TPSA) is 50.8 Å². The van der Waals surface area contributed by atoms with Gasteiger partial charge >= 0.3 is 6.03 Å². The molecular weight excluding hydrogens is 256 g/mol. The summed E-state index contributed by atoms with van der Waals surface area (Å²) < 4.78 is 10.3. The fraction of sp³-hybridized carbons (Fsp3) is 0.417. The number of urea groups is 1. The van der Waals surface area contributed by atoms with Crippen LogP contribution in [0.4, 0.5) is 10.5 Å². The van der Waals surface area contributed by atoms with Crippen molar-refractivity contribution in [1.82, 2.24) is 4.90 Å². The second-order valence-electron chi connectivity index (χ2n) is 3.88. The highest BCUT2D eigenvalue weighted by Gasteiger charge is 2.17. The van der Waals surface area contributed by atoms with Gasteiger partial charge in [-0.3, -0.25) is 0 Å². The maximum absolute atomic E-state index is 12.0. The van der Waals surface area contributed by atoms with Crippen molar-refractivity contribution in [1.29, 1.82) is 0 Å². The summed E-state index contributed by atoms with van der Waals surface area (Å²) in [6, 6.07) is 4.95. The summed E-state index contributed by atoms with van der Waals surface area (Å²) in [5.41, 5.74) is 0.549. The maximum Gasteiger partial charge on any atom is 0.322 e. The number of carbonyl (C=O) groups is 1. The number of ether oxygens (including phenoxy) is 2. The average molecular weight is 271 g/mol. The van der Waals surface area contributed by atoms with E-state index in [4.69, 9.17) is 21.1 Å². The van der Waals surface area contributed by atoms with Crippen LogP contribution in [0.25, 0.3) is 0 Å². The number of carbonyl (C=O) groups excluding carboxylic acids is 1. The zero-order valence-electron chi connectivity index (χ0n) is 10.1. The van der Waals surface area contributed by atoms with Crippen LogP contribution in [0.15, 0.2) is 18.2 Å². The van der Waals surface area contributed by atoms with Crippen LogP contribution in [0.1, 0.15) is 0 Å². The Bertz CT molecular complexity index is 433. The summed E-state index contributed by atoms with van der Waals surface area (Å²) in [5, 5.41) is 3.26. The van der Waals surface area contributed by atoms with Gasteiger partial charge in [0.25, 0.3) is 0 Å². The molecule has 98 valence electrons. The molecule has 2 rings (SSSR count). The third-order valence-corrected chi connectivity index (χ3v) is 3.04. The number of anilines is 1. The summed E-state index contributed by atoms with van der Waals surface area (Å²) >= 11 is 6.02. The molecule has 1 fully saturated rings. The second kappa shape index (κ2) is 5.93. The quantitative estimate of drug-likeness (QED) is 0.896. The number of halogens is 1. The summed E-state index contributed by atoms with van der Waals surface area (Å²) in [6.07, 6.45) is 0. The lowest BCUT2D eigenvalue weighted by molar-refractivity contribution is 0.0564. The zero-order chi connectivity index (χ0) is 13.0. The summed E-state index contributed by atoms with van der Waals surface area (Å²) in [4.78, 5) is 13.7. The normalized spacial score (nSPS) is 15.3. The van der Waals surface area contributed by atoms with E-state index >= 15 is 0 Å². The van der Waals surface area contributed by atoms with Crippen LogP contribution >= 0.6 is 11.6 Å². The predicted octanol–water partition coefficient (Wildman–Crippen LogP) is 2.21. The lowest BCUT2D eigenvalue weighted by Gasteiger charge is -2.27. The molecule has 1 N–H and O–H groups in total. The molecule has 0 bridgehead atoms. The number of nitrogens with one attached hydrogen (secondary N) is 1. The van der Waals surface area contributed by atoms with Crippen LogP contribution in [0.2, 0.25) is 5.02 Å². The Morgan fingerprint density at radius 2 is 2.17 bits per heavy atom. The Morgan fingerprint density at radius 3 is 2.83 bits per heavy atom. The van der Waals surface area contributed by atoms with E-state index in [9.17, 15) is 4.79 Å². The van der Waals surface area contributed by atoms with Crippen molar-refractivity contribution in [3.63, 3.8) is 0 Å². The third kappa shape index (κ3) is 3.05. The first-order chi connectivity index (χ1) is 8.70. The number of hydrogen-bond acceptors (Lipinski definition) is 3. The van der Waals surface area contributed by atoms with Crippen molar-refractivity contribution in [2.24, 2.45) is 0 Å². The van der Waals surface area contributed by atoms with Crippen molar-refractivity contribution in [2.75, 3.05) is 38.7 Å². The highest BCUT2D eigenvalue weighted by atomic mass is 35.5. The minimum absolute atomic E-state index is 0.173. The van der Waals surface area contributed by atoms with Crippen LogP contribution in [0, 0.1) is 0 Å². The SMILES string of the molecule is COc1ccc(Cl)c(NC(=O)N2CCOCC2)c1. The van der Waals surface area contributed by atoms with Gasteiger partial charge in [0.05, 0.1) is 31.0 Å². The number of benzene rings is 1. The van der Waals surface area contributed by atoms with E-state index < -0.39 is 0 Å². The van der Waals surface area contributed by atoms with Crippen LogP contribution in [-0.2, 0) is 4.74 Å². The van der Waals surface area contributed by atoms with Gasteiger partial charge in [-0.15, -0.1) is 0 Å². The van der Waals surface area contributed by atoms with Gasteiger partial charge in [-0.1, -0.05) is 11.6 Å². The molecule has 0 radical (unpaired) electrons. The molecule has 1 heterocycles. The van der Waals surface area contributed by atoms with E-state index in [1.165, 1.54) is 0 Å². The van der Waals surface area contributed by atoms with Gasteiger partial charge in [0.2, 0.25) is 0 Å². The molecule has 0 saturated carbocycles. The predicted molar refractivity (Wildman–Crippen MR) is 69.4 cm³/mol. The zero-order valence-corrected chi connectivity index (χ0v) is 10.9. The van der Waals surface area contributed by atoms with E-state index in [0.717, 1.165) is 0 Å². The average Bonchev–Trinajstić information content (AvgIpc) is 2.42. The number of rotatable bonds is 2. The van der Waals surface area contributed by atoms with Gasteiger partial charge in [0, 0.05) is 19.2 Å². The standard InChI is InChI=1S/C12H15ClN2O3/c1-17-9-2-3-10(13)11(8-9)14-12(16)15-4-6-18-7-5-15/h2-3,8H,4-7H2,1H3,(H,14,16). The minimum atomic E-state index is -0.173. The molecule has 1 aromatic rings. The van der Waals surface area contributed by atoms with E-state index in [1.807, 2.05) is 0 Å². The second-order valence-corrected chi connectivity index (χ2v) is 4.28. The molecule has 0 atom stereocenters. The van der Waals surface area contributed by atoms with Crippen molar-refractivity contribution >= 4 is 23.3 Å². The van der Waals surface area contributed by atoms with E-state index in [-0.39, 0.29) is 6.03 Å². The molecular formula is C12H15ClN2O3. The molecule has 1 aromatic carbocycles. The fourth-order valence-electron chi connectivity index (χ4n) is 1.69. The van der Waals surface area contributed by atoms with Gasteiger partial charge < -0.3 is 19.7 Å². The lowest BCUT2D eigenvalue weighted by atomic mass is 10.3. The number of methoxy groups -OCH3 is 1. The van der Waals surface area contributed by atoms with Crippen molar-refractivity contribution in [3.8, 4) is 5.75 Å². The molecule has 1 aliphatic heterocycles. The van der Waals surface area contributed by atoms with E-state index in [2.05, 4.69) is 5.32 Å². The molecule has 5 nitrogen and oxygen atoms in total. The molecule has 0 unspecified atom stereocenters. The highest BCUT2D eigenvalue weighted by molar-refractivity contribution is 6.33. The van der Waals surface area contributed by atoms with Gasteiger partial charge in [-0.05, 0) is 12.1 Å². The molecule has 2 amide bonds. The first-order valence-electron chi connectivity index (χ1n) is 5.68. The Hall–Kier alpha value is -1.46. The maximum atomic E-state index is 12.0. The summed E-state index contributed by atoms with van der Waals surface area (Å²) in [6.45, 7) is 2.32. The number of morpholine rings is 1. The largest absolute Gasteiger partial charge is 0.497 e. The Morgan fingerprint density at radius 1 is 1.44 bits per heavy atom. The summed E-state index contributed by atoms with van der Waals surface area (Å²) in [5.74, 6) is 0.650. The molecule has 1 saturated heterocycles. The molecule has 6 heteroatoms. The van der Waals surface area contributed by atoms with Crippen LogP contribution in [0.5, 0.6) is 5.75 Å². The molecule has 0 spiro atoms. The van der Waals surface area contributed by atoms with Crippen LogP contribution in [-0.4, -0.2) is 44.3 Å². The number of amides is 2. The van der Waals surface area contributed by atoms with Crippen molar-refractivity contribution < 1.29 is 14.3 Å². The minimum Gasteiger partial charge on any atom is -0.497 e. The number of hydrogen-bond donors (Lipinski definition) is 1. The van der Waals surface area contributed by atoms with E-state index in [0.29, 0.717) is 42.8 Å². The van der Waals surface area contributed by atoms with Gasteiger partial charge in [-0.25, -0.2) is 4.79 Å². The summed E-state index contributed by atoms with van der Waals surface area (Å²) in [7, 11) is 1.57. The lowest BCUT2D eigenvalue weighted by Crippen LogP contribution is -2.43. The fourth-order valence-corrected chi connectivity index (χ4v) is 1.85. The molecule has 0 aromatic heterocycles. The van der Waals surface area contributed by atoms with Crippen LogP contribution < -0.4 is 10.1 Å². The van der Waals surface area contributed by atoms with E-state index in [1.54, 1.807) is 30.2 Å². The first kappa shape index (κ1) is 13.0. The molecule has 18 heavy (non-hydrogen) atoms. The van der Waals surface area contributed by atoms with Gasteiger partial charge in [0.15, 0.2) is 0 Å². The number of nitrogens with zero attached hydrogens (tertiary/aromatic N) is 1. The monoisotopic (exact) mass is 270 g/mol.